The molecule has 4 rings (SSSR count). The summed E-state index contributed by atoms with van der Waals surface area (Å²) < 4.78 is 6.46. The van der Waals surface area contributed by atoms with Crippen LogP contribution in [-0.4, -0.2) is 29.0 Å². The molecule has 6 nitrogen and oxygen atoms in total. The topological polar surface area (TPSA) is 81.2 Å². The van der Waals surface area contributed by atoms with E-state index in [0.717, 1.165) is 14.9 Å². The third-order valence-electron chi connectivity index (χ3n) is 3.52. The van der Waals surface area contributed by atoms with Crippen molar-refractivity contribution in [3.8, 4) is 0 Å². The second-order valence-electron chi connectivity index (χ2n) is 5.13. The number of carbonyl (C=O) groups is 2. The van der Waals surface area contributed by atoms with E-state index in [9.17, 15) is 9.59 Å². The van der Waals surface area contributed by atoms with Crippen LogP contribution in [-0.2, 0) is 4.74 Å². The van der Waals surface area contributed by atoms with E-state index in [4.69, 9.17) is 4.74 Å². The van der Waals surface area contributed by atoms with Gasteiger partial charge in [-0.25, -0.2) is 14.8 Å². The Kier molecular flexibility index (Phi) is 3.90. The van der Waals surface area contributed by atoms with Gasteiger partial charge in [0.05, 0.1) is 33.1 Å². The van der Waals surface area contributed by atoms with Gasteiger partial charge >= 0.3 is 5.97 Å². The van der Waals surface area contributed by atoms with Crippen molar-refractivity contribution in [1.82, 2.24) is 9.97 Å². The highest BCUT2D eigenvalue weighted by atomic mass is 32.1. The van der Waals surface area contributed by atoms with Gasteiger partial charge in [0.2, 0.25) is 0 Å². The van der Waals surface area contributed by atoms with E-state index in [1.165, 1.54) is 29.8 Å². The molecule has 25 heavy (non-hydrogen) atoms. The minimum atomic E-state index is -0.407. The number of nitrogens with one attached hydrogen (secondary N) is 1. The van der Waals surface area contributed by atoms with Crippen LogP contribution in [0.4, 0.5) is 5.13 Å². The lowest BCUT2D eigenvalue weighted by Crippen LogP contribution is -2.10. The van der Waals surface area contributed by atoms with Crippen LogP contribution in [0.15, 0.2) is 42.5 Å². The first-order valence-corrected chi connectivity index (χ1v) is 8.93. The summed E-state index contributed by atoms with van der Waals surface area (Å²) in [5.41, 5.74) is 1.95. The molecule has 0 spiro atoms. The summed E-state index contributed by atoms with van der Waals surface area (Å²) in [6.45, 7) is 0. The molecule has 0 bridgehead atoms. The van der Waals surface area contributed by atoms with Crippen LogP contribution in [0.1, 0.15) is 20.2 Å². The molecule has 1 amide bonds. The SMILES string of the molecule is COC(=O)c1ccc2nc(NC(=O)c3nc4ccccc4s3)sc2c1. The van der Waals surface area contributed by atoms with Gasteiger partial charge in [0.25, 0.3) is 5.91 Å². The summed E-state index contributed by atoms with van der Waals surface area (Å²) in [6.07, 6.45) is 0. The van der Waals surface area contributed by atoms with E-state index in [2.05, 4.69) is 15.3 Å². The fourth-order valence-electron chi connectivity index (χ4n) is 2.34. The van der Waals surface area contributed by atoms with Crippen molar-refractivity contribution in [2.75, 3.05) is 12.4 Å². The summed E-state index contributed by atoms with van der Waals surface area (Å²) in [5.74, 6) is -0.705. The summed E-state index contributed by atoms with van der Waals surface area (Å²) >= 11 is 2.63. The number of anilines is 1. The molecule has 0 radical (unpaired) electrons. The predicted molar refractivity (Wildman–Crippen MR) is 98.5 cm³/mol. The number of amides is 1. The molecular weight excluding hydrogens is 358 g/mol. The maximum Gasteiger partial charge on any atom is 0.337 e. The number of nitrogens with zero attached hydrogens (tertiary/aromatic N) is 2. The monoisotopic (exact) mass is 369 g/mol. The van der Waals surface area contributed by atoms with E-state index >= 15 is 0 Å². The first-order chi connectivity index (χ1) is 12.1. The number of para-hydroxylation sites is 1. The summed E-state index contributed by atoms with van der Waals surface area (Å²) in [6, 6.07) is 12.7. The third-order valence-corrected chi connectivity index (χ3v) is 5.49. The molecule has 0 aliphatic rings. The van der Waals surface area contributed by atoms with Gasteiger partial charge in [0.15, 0.2) is 10.1 Å². The van der Waals surface area contributed by atoms with E-state index < -0.39 is 5.97 Å². The van der Waals surface area contributed by atoms with Gasteiger partial charge in [-0.15, -0.1) is 11.3 Å². The Labute approximate surface area is 150 Å². The third kappa shape index (κ3) is 2.97. The zero-order valence-electron chi connectivity index (χ0n) is 13.0. The van der Waals surface area contributed by atoms with Crippen LogP contribution < -0.4 is 5.32 Å². The number of carbonyl (C=O) groups excluding carboxylic acids is 2. The van der Waals surface area contributed by atoms with Crippen molar-refractivity contribution in [3.05, 3.63) is 53.0 Å². The lowest BCUT2D eigenvalue weighted by atomic mass is 10.2. The second kappa shape index (κ2) is 6.23. The summed E-state index contributed by atoms with van der Waals surface area (Å²) in [7, 11) is 1.34. The normalized spacial score (nSPS) is 10.9. The molecule has 2 aromatic heterocycles. The van der Waals surface area contributed by atoms with Gasteiger partial charge in [-0.2, -0.15) is 0 Å². The zero-order valence-corrected chi connectivity index (χ0v) is 14.6. The molecule has 1 N–H and O–H groups in total. The van der Waals surface area contributed by atoms with Gasteiger partial charge in [0.1, 0.15) is 0 Å². The van der Waals surface area contributed by atoms with E-state index in [1.54, 1.807) is 18.2 Å². The van der Waals surface area contributed by atoms with Crippen molar-refractivity contribution < 1.29 is 14.3 Å². The fraction of sp³-hybridized carbons (Fsp3) is 0.0588. The van der Waals surface area contributed by atoms with Crippen molar-refractivity contribution in [1.29, 1.82) is 0 Å². The number of aromatic nitrogens is 2. The first-order valence-electron chi connectivity index (χ1n) is 7.30. The van der Waals surface area contributed by atoms with E-state index in [0.29, 0.717) is 21.2 Å². The number of hydrogen-bond acceptors (Lipinski definition) is 7. The van der Waals surface area contributed by atoms with E-state index in [-0.39, 0.29) is 5.91 Å². The number of ether oxygens (including phenoxy) is 1. The van der Waals surface area contributed by atoms with Crippen molar-refractivity contribution in [2.45, 2.75) is 0 Å². The molecular formula is C17H11N3O3S2. The van der Waals surface area contributed by atoms with Crippen LogP contribution in [0, 0.1) is 0 Å². The highest BCUT2D eigenvalue weighted by Crippen LogP contribution is 2.28. The van der Waals surface area contributed by atoms with Crippen molar-refractivity contribution in [3.63, 3.8) is 0 Å². The average molecular weight is 369 g/mol. The number of benzene rings is 2. The molecule has 2 aromatic carbocycles. The lowest BCUT2D eigenvalue weighted by Gasteiger charge is -1.97. The standard InChI is InChI=1S/C17H11N3O3S2/c1-23-16(22)9-6-7-11-13(8-9)25-17(19-11)20-14(21)15-18-10-4-2-3-5-12(10)24-15/h2-8H,1H3,(H,19,20,21). The Morgan fingerprint density at radius 1 is 1.00 bits per heavy atom. The molecule has 4 aromatic rings. The largest absolute Gasteiger partial charge is 0.465 e. The van der Waals surface area contributed by atoms with Crippen LogP contribution in [0.3, 0.4) is 0 Å². The number of rotatable bonds is 3. The van der Waals surface area contributed by atoms with Gasteiger partial charge in [-0.3, -0.25) is 10.1 Å². The Bertz CT molecular complexity index is 1080. The van der Waals surface area contributed by atoms with Gasteiger partial charge in [-0.05, 0) is 30.3 Å². The predicted octanol–water partition coefficient (Wildman–Crippen LogP) is 3.94. The fourth-order valence-corrected chi connectivity index (χ4v) is 4.10. The molecule has 124 valence electrons. The average Bonchev–Trinajstić information content (AvgIpc) is 3.23. The highest BCUT2D eigenvalue weighted by Gasteiger charge is 2.15. The summed E-state index contributed by atoms with van der Waals surface area (Å²) in [4.78, 5) is 32.7. The minimum absolute atomic E-state index is 0.298. The molecule has 0 aliphatic heterocycles. The van der Waals surface area contributed by atoms with Crippen LogP contribution >= 0.6 is 22.7 Å². The van der Waals surface area contributed by atoms with Gasteiger partial charge < -0.3 is 4.74 Å². The van der Waals surface area contributed by atoms with Crippen LogP contribution in [0.25, 0.3) is 20.4 Å². The molecule has 8 heteroatoms. The van der Waals surface area contributed by atoms with Crippen LogP contribution in [0.2, 0.25) is 0 Å². The molecule has 0 aliphatic carbocycles. The molecule has 0 fully saturated rings. The maximum atomic E-state index is 12.4. The number of hydrogen-bond donors (Lipinski definition) is 1. The van der Waals surface area contributed by atoms with Crippen molar-refractivity contribution >= 4 is 60.1 Å². The second-order valence-corrected chi connectivity index (χ2v) is 7.20. The molecule has 0 saturated heterocycles. The molecule has 2 heterocycles. The van der Waals surface area contributed by atoms with E-state index in [1.807, 2.05) is 24.3 Å². The Morgan fingerprint density at radius 3 is 2.60 bits per heavy atom. The number of methoxy groups -OCH3 is 1. The van der Waals surface area contributed by atoms with Gasteiger partial charge in [-0.1, -0.05) is 23.5 Å². The lowest BCUT2D eigenvalue weighted by molar-refractivity contribution is 0.0601. The summed E-state index contributed by atoms with van der Waals surface area (Å²) in [5, 5.41) is 3.62. The molecule has 0 unspecified atom stereocenters. The van der Waals surface area contributed by atoms with Crippen LogP contribution in [0.5, 0.6) is 0 Å². The zero-order chi connectivity index (χ0) is 17.4. The number of thiazole rings is 2. The Hall–Kier alpha value is -2.84. The van der Waals surface area contributed by atoms with Gasteiger partial charge in [0, 0.05) is 0 Å². The quantitative estimate of drug-likeness (QED) is 0.553. The van der Waals surface area contributed by atoms with Crippen molar-refractivity contribution in [2.24, 2.45) is 0 Å². The maximum absolute atomic E-state index is 12.4. The number of fused-ring (bicyclic) bond motifs is 2. The molecule has 0 atom stereocenters. The minimum Gasteiger partial charge on any atom is -0.465 e. The molecule has 0 saturated carbocycles. The number of esters is 1. The Balaban J connectivity index is 1.61. The smallest absolute Gasteiger partial charge is 0.337 e. The first kappa shape index (κ1) is 15.7. The Morgan fingerprint density at radius 2 is 1.80 bits per heavy atom. The highest BCUT2D eigenvalue weighted by molar-refractivity contribution is 7.22.